The van der Waals surface area contributed by atoms with E-state index in [9.17, 15) is 22.8 Å². The van der Waals surface area contributed by atoms with Gasteiger partial charge < -0.3 is 20.7 Å². The number of ether oxygens (including phenoxy) is 1. The number of nitrogens with one attached hydrogen (secondary N) is 2. The molecular weight excluding hydrogens is 658 g/mol. The molecule has 4 N–H and O–H groups in total. The largest absolute Gasteiger partial charge is 0.471 e. The Kier molecular flexibility index (Phi) is 10.0. The summed E-state index contributed by atoms with van der Waals surface area (Å²) in [5.41, 5.74) is 6.33. The maximum atomic E-state index is 15.0. The van der Waals surface area contributed by atoms with E-state index in [0.717, 1.165) is 0 Å². The monoisotopic (exact) mass is 698 g/mol. The fourth-order valence-electron chi connectivity index (χ4n) is 6.65. The molecule has 0 spiro atoms. The summed E-state index contributed by atoms with van der Waals surface area (Å²) < 4.78 is 63.7. The van der Waals surface area contributed by atoms with Crippen molar-refractivity contribution < 1.29 is 36.3 Å². The zero-order chi connectivity index (χ0) is 32.9. The molecule has 16 heteroatoms. The molecule has 12 nitrogen and oxygen atoms in total. The van der Waals surface area contributed by atoms with E-state index in [4.69, 9.17) is 10.5 Å². The fraction of sp³-hybridized carbons (Fsp3) is 0.645. The van der Waals surface area contributed by atoms with Crippen LogP contribution in [-0.2, 0) is 30.8 Å². The maximum Gasteiger partial charge on any atom is 0.259 e. The van der Waals surface area contributed by atoms with Gasteiger partial charge in [-0.25, -0.2) is 27.2 Å². The molecule has 2 aliphatic heterocycles. The number of amides is 3. The first-order valence-corrected chi connectivity index (χ1v) is 17.6. The van der Waals surface area contributed by atoms with Gasteiger partial charge in [0.25, 0.3) is 5.91 Å². The van der Waals surface area contributed by atoms with E-state index >= 15 is 8.78 Å². The minimum Gasteiger partial charge on any atom is -0.471 e. The van der Waals surface area contributed by atoms with Crippen molar-refractivity contribution in [3.63, 3.8) is 0 Å². The molecule has 1 aromatic carbocycles. The normalized spacial score (nSPS) is 29.7. The van der Waals surface area contributed by atoms with Crippen molar-refractivity contribution in [3.05, 3.63) is 30.0 Å². The summed E-state index contributed by atoms with van der Waals surface area (Å²) in [4.78, 5) is 51.7. The molecule has 0 bridgehead atoms. The number of rotatable bonds is 6. The second kappa shape index (κ2) is 13.4. The van der Waals surface area contributed by atoms with Gasteiger partial charge >= 0.3 is 0 Å². The molecular formula is C31H41ClF2N6O6S. The van der Waals surface area contributed by atoms with Crippen LogP contribution in [0.1, 0.15) is 76.8 Å². The molecule has 2 saturated carbocycles. The highest BCUT2D eigenvalue weighted by atomic mass is 35.5. The van der Waals surface area contributed by atoms with Gasteiger partial charge in [-0.2, -0.15) is 0 Å². The van der Waals surface area contributed by atoms with Gasteiger partial charge in [0.2, 0.25) is 33.6 Å². The van der Waals surface area contributed by atoms with E-state index in [1.54, 1.807) is 6.07 Å². The molecule has 4 fully saturated rings. The molecule has 3 heterocycles. The van der Waals surface area contributed by atoms with Gasteiger partial charge in [0, 0.05) is 19.3 Å². The van der Waals surface area contributed by atoms with Crippen LogP contribution in [0, 0.1) is 5.92 Å². The Morgan fingerprint density at radius 1 is 1.11 bits per heavy atom. The number of carbonyl (C=O) groups excluding carboxylic acids is 3. The maximum absolute atomic E-state index is 15.0. The number of sulfonamides is 1. The third-order valence-corrected chi connectivity index (χ3v) is 11.4. The molecule has 47 heavy (non-hydrogen) atoms. The Morgan fingerprint density at radius 2 is 1.81 bits per heavy atom. The number of benzene rings is 1. The van der Waals surface area contributed by atoms with E-state index < -0.39 is 81.4 Å². The third kappa shape index (κ3) is 7.46. The summed E-state index contributed by atoms with van der Waals surface area (Å²) in [6.45, 7) is 1.91. The minimum atomic E-state index is -4.01. The lowest BCUT2D eigenvalue weighted by molar-refractivity contribution is -0.140. The van der Waals surface area contributed by atoms with Crippen LogP contribution in [0.15, 0.2) is 24.3 Å². The number of halogens is 3. The highest BCUT2D eigenvalue weighted by Gasteiger charge is 2.65. The van der Waals surface area contributed by atoms with E-state index in [2.05, 4.69) is 15.3 Å². The SMILES string of the molecule is CCc1nc2ccccc2nc1O[C@@H]1C[C@H]2C(=O)N[C@]3(C(=O)NS(=O)(=O)C4CC4)C[C@H]3CC(F)(F)CCCCC[C@H](N)C(=O)N2C1.Cl. The zero-order valence-electron chi connectivity index (χ0n) is 26.1. The summed E-state index contributed by atoms with van der Waals surface area (Å²) in [5.74, 6) is -6.11. The molecule has 3 amide bonds. The summed E-state index contributed by atoms with van der Waals surface area (Å²) in [6.07, 6.45) is 0.713. The van der Waals surface area contributed by atoms with Crippen LogP contribution >= 0.6 is 12.4 Å². The quantitative estimate of drug-likeness (QED) is 0.410. The number of nitrogens with two attached hydrogens (primary N) is 1. The average Bonchev–Trinajstić information content (AvgIpc) is 3.93. The van der Waals surface area contributed by atoms with E-state index in [-0.39, 0.29) is 50.5 Å². The van der Waals surface area contributed by atoms with Crippen molar-refractivity contribution in [2.24, 2.45) is 11.7 Å². The van der Waals surface area contributed by atoms with E-state index in [1.807, 2.05) is 29.8 Å². The predicted octanol–water partition coefficient (Wildman–Crippen LogP) is 2.76. The molecule has 1 aromatic heterocycles. The second-order valence-corrected chi connectivity index (χ2v) is 15.1. The van der Waals surface area contributed by atoms with Crippen molar-refractivity contribution >= 4 is 51.2 Å². The number of nitrogens with zero attached hydrogens (tertiary/aromatic N) is 3. The van der Waals surface area contributed by atoms with Gasteiger partial charge in [-0.15, -0.1) is 12.4 Å². The number of para-hydroxylation sites is 2. The van der Waals surface area contributed by atoms with Crippen LogP contribution < -0.4 is 20.5 Å². The standard InChI is InChI=1S/C31H40F2N6O6S.ClH/c1-2-22-27(36-24-10-6-5-9-23(24)35-22)45-19-14-25-26(40)37-31(29(42)38-46(43,44)20-11-12-20)16-18(31)15-30(32,33)13-7-3-4-8-21(34)28(41)39(25)17-19;/h5-6,9-10,18-21,25H,2-4,7-8,11-17,34H2,1H3,(H,37,40)(H,38,42);1H/t18-,19-,21+,25+,31-;/m1./s1. The molecule has 2 aliphatic carbocycles. The number of hydrogen-bond acceptors (Lipinski definition) is 9. The van der Waals surface area contributed by atoms with Crippen molar-refractivity contribution in [2.75, 3.05) is 6.54 Å². The first kappa shape index (κ1) is 35.1. The lowest BCUT2D eigenvalue weighted by Gasteiger charge is -2.28. The summed E-state index contributed by atoms with van der Waals surface area (Å²) >= 11 is 0. The number of carbonyl (C=O) groups is 3. The van der Waals surface area contributed by atoms with Gasteiger partial charge in [-0.3, -0.25) is 19.1 Å². The minimum absolute atomic E-state index is 0. The van der Waals surface area contributed by atoms with Crippen LogP contribution in [0.3, 0.4) is 0 Å². The third-order valence-electron chi connectivity index (χ3n) is 9.54. The summed E-state index contributed by atoms with van der Waals surface area (Å²) in [7, 11) is -4.01. The first-order valence-electron chi connectivity index (χ1n) is 16.1. The molecule has 6 rings (SSSR count). The Morgan fingerprint density at radius 3 is 2.49 bits per heavy atom. The van der Waals surface area contributed by atoms with Crippen LogP contribution in [0.5, 0.6) is 5.88 Å². The molecule has 258 valence electrons. The van der Waals surface area contributed by atoms with Crippen molar-refractivity contribution in [1.82, 2.24) is 24.9 Å². The first-order chi connectivity index (χ1) is 21.8. The topological polar surface area (TPSA) is 174 Å². The molecule has 2 saturated heterocycles. The zero-order valence-corrected chi connectivity index (χ0v) is 27.8. The fourth-order valence-corrected chi connectivity index (χ4v) is 8.01. The Bertz CT molecular complexity index is 1650. The molecule has 0 radical (unpaired) electrons. The van der Waals surface area contributed by atoms with E-state index in [1.165, 1.54) is 4.90 Å². The molecule has 2 aromatic rings. The predicted molar refractivity (Wildman–Crippen MR) is 170 cm³/mol. The number of fused-ring (bicyclic) bond motifs is 3. The van der Waals surface area contributed by atoms with Crippen LogP contribution in [0.25, 0.3) is 11.0 Å². The average molecular weight is 699 g/mol. The number of aromatic nitrogens is 2. The Balaban J connectivity index is 0.00000433. The van der Waals surface area contributed by atoms with Gasteiger partial charge in [0.15, 0.2) is 0 Å². The van der Waals surface area contributed by atoms with Crippen LogP contribution in [-0.4, -0.2) is 82.5 Å². The lowest BCUT2D eigenvalue weighted by atomic mass is 10.0. The number of hydrogen-bond donors (Lipinski definition) is 3. The number of aryl methyl sites for hydroxylation is 1. The molecule has 4 aliphatic rings. The number of alkyl halides is 2. The lowest BCUT2D eigenvalue weighted by Crippen LogP contribution is -2.58. The smallest absolute Gasteiger partial charge is 0.259 e. The van der Waals surface area contributed by atoms with Gasteiger partial charge in [-0.05, 0) is 56.6 Å². The highest BCUT2D eigenvalue weighted by Crippen LogP contribution is 2.51. The van der Waals surface area contributed by atoms with Crippen molar-refractivity contribution in [1.29, 1.82) is 0 Å². The van der Waals surface area contributed by atoms with Crippen LogP contribution in [0.4, 0.5) is 8.78 Å². The molecule has 5 atom stereocenters. The second-order valence-electron chi connectivity index (χ2n) is 13.1. The van der Waals surface area contributed by atoms with Gasteiger partial charge in [-0.1, -0.05) is 31.9 Å². The Hall–Kier alpha value is -3.17. The van der Waals surface area contributed by atoms with E-state index in [0.29, 0.717) is 48.8 Å². The summed E-state index contributed by atoms with van der Waals surface area (Å²) in [5, 5.41) is 1.90. The molecule has 0 unspecified atom stereocenters. The van der Waals surface area contributed by atoms with Crippen molar-refractivity contribution in [2.45, 2.75) is 112 Å². The van der Waals surface area contributed by atoms with Crippen molar-refractivity contribution in [3.8, 4) is 5.88 Å². The van der Waals surface area contributed by atoms with Gasteiger partial charge in [0.1, 0.15) is 23.4 Å². The summed E-state index contributed by atoms with van der Waals surface area (Å²) in [6, 6.07) is 5.20. The van der Waals surface area contributed by atoms with Gasteiger partial charge in [0.05, 0.1) is 28.9 Å². The highest BCUT2D eigenvalue weighted by molar-refractivity contribution is 7.91. The Labute approximate surface area is 278 Å². The van der Waals surface area contributed by atoms with Crippen LogP contribution in [0.2, 0.25) is 0 Å².